The second-order valence-corrected chi connectivity index (χ2v) is 4.30. The highest BCUT2D eigenvalue weighted by atomic mass is 35.5. The average molecular weight is 230 g/mol. The molecule has 0 aromatic carbocycles. The molecule has 0 spiro atoms. The van der Waals surface area contributed by atoms with Crippen molar-refractivity contribution in [3.63, 3.8) is 0 Å². The average Bonchev–Trinajstić information content (AvgIpc) is 2.22. The monoisotopic (exact) mass is 229 g/mol. The Morgan fingerprint density at radius 3 is 2.67 bits per heavy atom. The summed E-state index contributed by atoms with van der Waals surface area (Å²) in [6.07, 6.45) is 4.42. The Bertz CT molecular complexity index is 322. The first-order valence-corrected chi connectivity index (χ1v) is 5.42. The number of halogens is 2. The largest absolute Gasteiger partial charge is 0.316 e. The minimum atomic E-state index is -1.13. The SMILES string of the molecule is FC1(Cc2cnc(Cl)cn2)CCNCC1. The van der Waals surface area contributed by atoms with E-state index >= 15 is 0 Å². The Morgan fingerprint density at radius 2 is 2.07 bits per heavy atom. The van der Waals surface area contributed by atoms with Gasteiger partial charge < -0.3 is 5.32 Å². The van der Waals surface area contributed by atoms with Crippen molar-refractivity contribution >= 4 is 11.6 Å². The zero-order chi connectivity index (χ0) is 10.7. The summed E-state index contributed by atoms with van der Waals surface area (Å²) in [6.45, 7) is 1.47. The summed E-state index contributed by atoms with van der Waals surface area (Å²) in [7, 11) is 0. The minimum absolute atomic E-state index is 0.332. The standard InChI is InChI=1S/C10H13ClFN3/c11-9-7-14-8(6-15-9)5-10(12)1-3-13-4-2-10/h6-7,13H,1-5H2. The first-order chi connectivity index (χ1) is 7.18. The third kappa shape index (κ3) is 2.86. The molecule has 0 amide bonds. The van der Waals surface area contributed by atoms with Gasteiger partial charge in [0, 0.05) is 6.42 Å². The summed E-state index contributed by atoms with van der Waals surface area (Å²) in [5.41, 5.74) is -0.461. The number of piperidine rings is 1. The molecule has 0 radical (unpaired) electrons. The maximum atomic E-state index is 14.2. The van der Waals surface area contributed by atoms with Crippen LogP contribution in [0.3, 0.4) is 0 Å². The van der Waals surface area contributed by atoms with Gasteiger partial charge in [-0.05, 0) is 25.9 Å². The summed E-state index contributed by atoms with van der Waals surface area (Å²) in [5.74, 6) is 0. The predicted octanol–water partition coefficient (Wildman–Crippen LogP) is 1.76. The van der Waals surface area contributed by atoms with Gasteiger partial charge in [0.15, 0.2) is 0 Å². The molecule has 0 saturated carbocycles. The van der Waals surface area contributed by atoms with Gasteiger partial charge in [0.2, 0.25) is 0 Å². The fourth-order valence-corrected chi connectivity index (χ4v) is 1.90. The van der Waals surface area contributed by atoms with E-state index in [1.807, 2.05) is 0 Å². The molecule has 5 heteroatoms. The molecule has 3 nitrogen and oxygen atoms in total. The van der Waals surface area contributed by atoms with Crippen LogP contribution in [0, 0.1) is 0 Å². The number of aromatic nitrogens is 2. The molecule has 1 aliphatic heterocycles. The summed E-state index contributed by atoms with van der Waals surface area (Å²) in [5, 5.41) is 3.48. The van der Waals surface area contributed by atoms with Gasteiger partial charge in [-0.15, -0.1) is 0 Å². The van der Waals surface area contributed by atoms with Crippen molar-refractivity contribution in [3.8, 4) is 0 Å². The minimum Gasteiger partial charge on any atom is -0.316 e. The van der Waals surface area contributed by atoms with Crippen molar-refractivity contribution in [3.05, 3.63) is 23.2 Å². The van der Waals surface area contributed by atoms with Crippen LogP contribution < -0.4 is 5.32 Å². The smallest absolute Gasteiger partial charge is 0.147 e. The van der Waals surface area contributed by atoms with Crippen LogP contribution in [0.2, 0.25) is 5.15 Å². The molecule has 0 unspecified atom stereocenters. The maximum Gasteiger partial charge on any atom is 0.147 e. The van der Waals surface area contributed by atoms with Crippen LogP contribution in [0.15, 0.2) is 12.4 Å². The van der Waals surface area contributed by atoms with Crippen molar-refractivity contribution < 1.29 is 4.39 Å². The molecular weight excluding hydrogens is 217 g/mol. The van der Waals surface area contributed by atoms with E-state index in [1.54, 1.807) is 6.20 Å². The van der Waals surface area contributed by atoms with E-state index in [1.165, 1.54) is 6.20 Å². The Labute approximate surface area is 93.1 Å². The van der Waals surface area contributed by atoms with E-state index in [0.717, 1.165) is 13.1 Å². The van der Waals surface area contributed by atoms with Gasteiger partial charge in [-0.1, -0.05) is 11.6 Å². The molecule has 1 saturated heterocycles. The number of hydrogen-bond acceptors (Lipinski definition) is 3. The summed E-state index contributed by atoms with van der Waals surface area (Å²) in [4.78, 5) is 7.96. The third-order valence-electron chi connectivity index (χ3n) is 2.67. The first-order valence-electron chi connectivity index (χ1n) is 5.04. The molecule has 1 fully saturated rings. The zero-order valence-corrected chi connectivity index (χ0v) is 9.10. The number of alkyl halides is 1. The maximum absolute atomic E-state index is 14.2. The predicted molar refractivity (Wildman–Crippen MR) is 56.7 cm³/mol. The van der Waals surface area contributed by atoms with Gasteiger partial charge in [-0.3, -0.25) is 4.98 Å². The molecule has 0 atom stereocenters. The molecule has 1 aromatic rings. The summed E-state index contributed by atoms with van der Waals surface area (Å²) in [6, 6.07) is 0. The fraction of sp³-hybridized carbons (Fsp3) is 0.600. The van der Waals surface area contributed by atoms with E-state index in [-0.39, 0.29) is 0 Å². The van der Waals surface area contributed by atoms with Crippen LogP contribution in [-0.4, -0.2) is 28.7 Å². The quantitative estimate of drug-likeness (QED) is 0.840. The third-order valence-corrected chi connectivity index (χ3v) is 2.87. The molecule has 0 bridgehead atoms. The van der Waals surface area contributed by atoms with Crippen LogP contribution in [0.1, 0.15) is 18.5 Å². The molecule has 1 N–H and O–H groups in total. The Balaban J connectivity index is 2.03. The topological polar surface area (TPSA) is 37.8 Å². The Hall–Kier alpha value is -0.740. The second kappa shape index (κ2) is 4.41. The molecular formula is C10H13ClFN3. The van der Waals surface area contributed by atoms with Crippen LogP contribution in [0.4, 0.5) is 4.39 Å². The summed E-state index contributed by atoms with van der Waals surface area (Å²) >= 11 is 5.61. The van der Waals surface area contributed by atoms with Crippen molar-refractivity contribution in [2.45, 2.75) is 24.9 Å². The van der Waals surface area contributed by atoms with Crippen LogP contribution in [0.25, 0.3) is 0 Å². The van der Waals surface area contributed by atoms with Gasteiger partial charge in [0.05, 0.1) is 18.1 Å². The number of nitrogens with one attached hydrogen (secondary N) is 1. The van der Waals surface area contributed by atoms with Gasteiger partial charge in [-0.25, -0.2) is 9.37 Å². The molecule has 2 heterocycles. The highest BCUT2D eigenvalue weighted by molar-refractivity contribution is 6.29. The molecule has 15 heavy (non-hydrogen) atoms. The van der Waals surface area contributed by atoms with Crippen molar-refractivity contribution in [2.75, 3.05) is 13.1 Å². The normalized spacial score (nSPS) is 20.1. The molecule has 1 aromatic heterocycles. The van der Waals surface area contributed by atoms with Crippen LogP contribution in [-0.2, 0) is 6.42 Å². The summed E-state index contributed by atoms with van der Waals surface area (Å²) < 4.78 is 14.2. The van der Waals surface area contributed by atoms with Crippen molar-refractivity contribution in [1.82, 2.24) is 15.3 Å². The van der Waals surface area contributed by atoms with E-state index in [9.17, 15) is 4.39 Å². The lowest BCUT2D eigenvalue weighted by molar-refractivity contribution is 0.115. The van der Waals surface area contributed by atoms with Gasteiger partial charge >= 0.3 is 0 Å². The van der Waals surface area contributed by atoms with Gasteiger partial charge in [0.25, 0.3) is 0 Å². The highest BCUT2D eigenvalue weighted by Crippen LogP contribution is 2.26. The van der Waals surface area contributed by atoms with Gasteiger partial charge in [-0.2, -0.15) is 0 Å². The van der Waals surface area contributed by atoms with Crippen LogP contribution in [0.5, 0.6) is 0 Å². The van der Waals surface area contributed by atoms with Crippen molar-refractivity contribution in [1.29, 1.82) is 0 Å². The molecule has 1 aliphatic rings. The van der Waals surface area contributed by atoms with Gasteiger partial charge in [0.1, 0.15) is 10.8 Å². The lowest BCUT2D eigenvalue weighted by Gasteiger charge is -2.29. The Kier molecular flexibility index (Phi) is 3.17. The van der Waals surface area contributed by atoms with Crippen LogP contribution >= 0.6 is 11.6 Å². The zero-order valence-electron chi connectivity index (χ0n) is 8.34. The molecule has 2 rings (SSSR count). The first kappa shape index (κ1) is 10.8. The Morgan fingerprint density at radius 1 is 1.33 bits per heavy atom. The van der Waals surface area contributed by atoms with E-state index in [2.05, 4.69) is 15.3 Å². The molecule has 82 valence electrons. The number of hydrogen-bond donors (Lipinski definition) is 1. The van der Waals surface area contributed by atoms with E-state index in [4.69, 9.17) is 11.6 Å². The number of nitrogens with zero attached hydrogens (tertiary/aromatic N) is 2. The number of rotatable bonds is 2. The highest BCUT2D eigenvalue weighted by Gasteiger charge is 2.32. The van der Waals surface area contributed by atoms with Crippen molar-refractivity contribution in [2.24, 2.45) is 0 Å². The lowest BCUT2D eigenvalue weighted by atomic mass is 9.90. The fourth-order valence-electron chi connectivity index (χ4n) is 1.81. The second-order valence-electron chi connectivity index (χ2n) is 3.91. The lowest BCUT2D eigenvalue weighted by Crippen LogP contribution is -2.40. The molecule has 0 aliphatic carbocycles. The van der Waals surface area contributed by atoms with E-state index in [0.29, 0.717) is 30.1 Å². The van der Waals surface area contributed by atoms with E-state index < -0.39 is 5.67 Å².